The number of carboxylic acids is 1. The number of sulfone groups is 1. The van der Waals surface area contributed by atoms with Gasteiger partial charge in [-0.1, -0.05) is 19.1 Å². The predicted octanol–water partition coefficient (Wildman–Crippen LogP) is 0.621. The number of aromatic carboxylic acids is 1. The molecule has 2 rings (SSSR count). The number of benzene rings is 1. The van der Waals surface area contributed by atoms with Crippen molar-refractivity contribution in [3.63, 3.8) is 0 Å². The first kappa shape index (κ1) is 17.7. The third kappa shape index (κ3) is 4.66. The van der Waals surface area contributed by atoms with Crippen molar-refractivity contribution in [1.82, 2.24) is 15.1 Å². The monoisotopic (exact) mass is 351 g/mol. The first-order chi connectivity index (χ1) is 11.3. The van der Waals surface area contributed by atoms with E-state index in [0.29, 0.717) is 5.69 Å². The largest absolute Gasteiger partial charge is 0.476 e. The number of carbonyl (C=O) groups excluding carboxylic acids is 1. The Morgan fingerprint density at radius 1 is 1.29 bits per heavy atom. The Hall–Kier alpha value is -2.68. The Labute approximate surface area is 139 Å². The highest BCUT2D eigenvalue weighted by atomic mass is 32.2. The number of nitrogens with one attached hydrogen (secondary N) is 1. The van der Waals surface area contributed by atoms with Crippen LogP contribution >= 0.6 is 0 Å². The molecule has 0 atom stereocenters. The molecule has 0 aliphatic carbocycles. The summed E-state index contributed by atoms with van der Waals surface area (Å²) in [5.41, 5.74) is 1.30. The van der Waals surface area contributed by atoms with Gasteiger partial charge in [0.25, 0.3) is 0 Å². The lowest BCUT2D eigenvalue weighted by Gasteiger charge is -2.07. The van der Waals surface area contributed by atoms with Crippen molar-refractivity contribution in [1.29, 1.82) is 0 Å². The summed E-state index contributed by atoms with van der Waals surface area (Å²) in [7, 11) is -3.36. The van der Waals surface area contributed by atoms with Gasteiger partial charge in [0, 0.05) is 18.5 Å². The van der Waals surface area contributed by atoms with E-state index in [-0.39, 0.29) is 18.0 Å². The maximum absolute atomic E-state index is 11.7. The second-order valence-electron chi connectivity index (χ2n) is 5.07. The molecule has 0 spiro atoms. The molecular formula is C15H17N3O5S. The van der Waals surface area contributed by atoms with Gasteiger partial charge in [0.2, 0.25) is 5.91 Å². The van der Waals surface area contributed by atoms with Crippen molar-refractivity contribution in [3.8, 4) is 5.69 Å². The van der Waals surface area contributed by atoms with Gasteiger partial charge in [-0.3, -0.25) is 4.79 Å². The maximum Gasteiger partial charge on any atom is 0.356 e. The molecule has 1 aromatic carbocycles. The van der Waals surface area contributed by atoms with Gasteiger partial charge in [-0.25, -0.2) is 17.9 Å². The summed E-state index contributed by atoms with van der Waals surface area (Å²) >= 11 is 0. The molecule has 9 heteroatoms. The second kappa shape index (κ2) is 7.26. The molecule has 0 unspecified atom stereocenters. The van der Waals surface area contributed by atoms with E-state index < -0.39 is 27.5 Å². The van der Waals surface area contributed by atoms with E-state index in [1.54, 1.807) is 24.3 Å². The van der Waals surface area contributed by atoms with Crippen LogP contribution in [0.5, 0.6) is 0 Å². The lowest BCUT2D eigenvalue weighted by atomic mass is 10.2. The van der Waals surface area contributed by atoms with E-state index in [1.165, 1.54) is 23.9 Å². The van der Waals surface area contributed by atoms with Crippen LogP contribution in [0.15, 0.2) is 36.5 Å². The van der Waals surface area contributed by atoms with Gasteiger partial charge in [0.15, 0.2) is 15.5 Å². The number of hydrogen-bond acceptors (Lipinski definition) is 5. The third-order valence-electron chi connectivity index (χ3n) is 3.26. The average molecular weight is 351 g/mol. The van der Waals surface area contributed by atoms with Crippen molar-refractivity contribution < 1.29 is 23.1 Å². The normalized spacial score (nSPS) is 11.2. The molecule has 2 aromatic rings. The van der Waals surface area contributed by atoms with E-state index in [4.69, 9.17) is 5.11 Å². The maximum atomic E-state index is 11.7. The standard InChI is InChI=1S/C15H17N3O5S/c1-2-24(22,23)10-14(19)16-9-11-4-3-5-12(8-11)18-7-6-13(17-18)15(20)21/h3-8H,2,9-10H2,1H3,(H,16,19)(H,20,21). The van der Waals surface area contributed by atoms with Crippen LogP contribution in [-0.2, 0) is 21.2 Å². The molecule has 1 aromatic heterocycles. The highest BCUT2D eigenvalue weighted by Gasteiger charge is 2.14. The van der Waals surface area contributed by atoms with Crippen molar-refractivity contribution in [2.45, 2.75) is 13.5 Å². The molecule has 1 heterocycles. The van der Waals surface area contributed by atoms with E-state index in [1.807, 2.05) is 0 Å². The van der Waals surface area contributed by atoms with Crippen LogP contribution < -0.4 is 5.32 Å². The fourth-order valence-electron chi connectivity index (χ4n) is 1.94. The van der Waals surface area contributed by atoms with Gasteiger partial charge in [0.1, 0.15) is 5.75 Å². The van der Waals surface area contributed by atoms with Gasteiger partial charge in [0.05, 0.1) is 5.69 Å². The number of amides is 1. The summed E-state index contributed by atoms with van der Waals surface area (Å²) < 4.78 is 24.2. The van der Waals surface area contributed by atoms with E-state index >= 15 is 0 Å². The second-order valence-corrected chi connectivity index (χ2v) is 7.43. The Morgan fingerprint density at radius 2 is 2.04 bits per heavy atom. The molecule has 2 N–H and O–H groups in total. The van der Waals surface area contributed by atoms with E-state index in [0.717, 1.165) is 5.56 Å². The lowest BCUT2D eigenvalue weighted by Crippen LogP contribution is -2.30. The number of nitrogens with zero attached hydrogens (tertiary/aromatic N) is 2. The minimum absolute atomic E-state index is 0.0709. The summed E-state index contributed by atoms with van der Waals surface area (Å²) in [5, 5.41) is 15.4. The van der Waals surface area contributed by atoms with Gasteiger partial charge >= 0.3 is 5.97 Å². The van der Waals surface area contributed by atoms with Crippen LogP contribution in [0.25, 0.3) is 5.69 Å². The molecule has 0 radical (unpaired) electrons. The Kier molecular flexibility index (Phi) is 5.35. The molecule has 0 aliphatic rings. The van der Waals surface area contributed by atoms with Gasteiger partial charge in [-0.2, -0.15) is 5.10 Å². The number of aromatic nitrogens is 2. The van der Waals surface area contributed by atoms with Crippen LogP contribution in [0, 0.1) is 0 Å². The number of carboxylic acid groups (broad SMARTS) is 1. The Balaban J connectivity index is 2.05. The quantitative estimate of drug-likeness (QED) is 0.755. The average Bonchev–Trinajstić information content (AvgIpc) is 3.03. The fraction of sp³-hybridized carbons (Fsp3) is 0.267. The molecule has 0 saturated carbocycles. The van der Waals surface area contributed by atoms with Gasteiger partial charge in [-0.15, -0.1) is 0 Å². The lowest BCUT2D eigenvalue weighted by molar-refractivity contribution is -0.118. The zero-order valence-electron chi connectivity index (χ0n) is 13.0. The van der Waals surface area contributed by atoms with Crippen molar-refractivity contribution in [2.75, 3.05) is 11.5 Å². The summed E-state index contributed by atoms with van der Waals surface area (Å²) in [4.78, 5) is 22.5. The SMILES string of the molecule is CCS(=O)(=O)CC(=O)NCc1cccc(-n2ccc(C(=O)O)n2)c1. The first-order valence-electron chi connectivity index (χ1n) is 7.16. The zero-order valence-corrected chi connectivity index (χ0v) is 13.8. The summed E-state index contributed by atoms with van der Waals surface area (Å²) in [6.07, 6.45) is 1.52. The molecule has 128 valence electrons. The van der Waals surface area contributed by atoms with Gasteiger partial charge < -0.3 is 10.4 Å². The smallest absolute Gasteiger partial charge is 0.356 e. The molecule has 0 saturated heterocycles. The highest BCUT2D eigenvalue weighted by Crippen LogP contribution is 2.11. The minimum Gasteiger partial charge on any atom is -0.476 e. The third-order valence-corrected chi connectivity index (χ3v) is 4.85. The molecule has 0 bridgehead atoms. The Morgan fingerprint density at radius 3 is 2.67 bits per heavy atom. The predicted molar refractivity (Wildman–Crippen MR) is 86.7 cm³/mol. The summed E-state index contributed by atoms with van der Waals surface area (Å²) in [5.74, 6) is -2.30. The molecule has 24 heavy (non-hydrogen) atoms. The van der Waals surface area contributed by atoms with Crippen LogP contribution in [0.1, 0.15) is 23.0 Å². The van der Waals surface area contributed by atoms with Crippen molar-refractivity contribution in [2.24, 2.45) is 0 Å². The van der Waals surface area contributed by atoms with Crippen LogP contribution in [0.4, 0.5) is 0 Å². The summed E-state index contributed by atoms with van der Waals surface area (Å²) in [6.45, 7) is 1.65. The van der Waals surface area contributed by atoms with Crippen LogP contribution in [0.2, 0.25) is 0 Å². The zero-order chi connectivity index (χ0) is 17.7. The van der Waals surface area contributed by atoms with Crippen LogP contribution in [0.3, 0.4) is 0 Å². The number of carbonyl (C=O) groups is 2. The Bertz CT molecular complexity index is 857. The summed E-state index contributed by atoms with van der Waals surface area (Å²) in [6, 6.07) is 8.35. The van der Waals surface area contributed by atoms with Crippen molar-refractivity contribution in [3.05, 3.63) is 47.8 Å². The first-order valence-corrected chi connectivity index (χ1v) is 8.98. The molecule has 1 amide bonds. The highest BCUT2D eigenvalue weighted by molar-refractivity contribution is 7.92. The topological polar surface area (TPSA) is 118 Å². The number of rotatable bonds is 7. The van der Waals surface area contributed by atoms with Crippen molar-refractivity contribution >= 4 is 21.7 Å². The van der Waals surface area contributed by atoms with Crippen LogP contribution in [-0.4, -0.2) is 46.7 Å². The molecule has 0 fully saturated rings. The number of hydrogen-bond donors (Lipinski definition) is 2. The van der Waals surface area contributed by atoms with Gasteiger partial charge in [-0.05, 0) is 23.8 Å². The van der Waals surface area contributed by atoms with E-state index in [2.05, 4.69) is 10.4 Å². The minimum atomic E-state index is -3.36. The molecule has 0 aliphatic heterocycles. The molecule has 8 nitrogen and oxygen atoms in total. The molecular weight excluding hydrogens is 334 g/mol. The fourth-order valence-corrected chi connectivity index (χ4v) is 2.65. The van der Waals surface area contributed by atoms with E-state index in [9.17, 15) is 18.0 Å².